The van der Waals surface area contributed by atoms with Gasteiger partial charge in [0.15, 0.2) is 10.8 Å². The van der Waals surface area contributed by atoms with Gasteiger partial charge in [-0.15, -0.1) is 0 Å². The minimum Gasteiger partial charge on any atom is -0.477 e. The van der Waals surface area contributed by atoms with E-state index in [0.29, 0.717) is 0 Å². The smallest absolute Gasteiger partial charge is 0.351 e. The molecule has 0 atom stereocenters. The van der Waals surface area contributed by atoms with Crippen LogP contribution >= 0.6 is 11.6 Å². The van der Waals surface area contributed by atoms with Crippen molar-refractivity contribution in [3.8, 4) is 0 Å². The first-order valence-electron chi connectivity index (χ1n) is 4.79. The molecule has 5 heteroatoms. The molecule has 0 aromatic carbocycles. The summed E-state index contributed by atoms with van der Waals surface area (Å²) in [6.07, 6.45) is 8.83. The zero-order valence-corrected chi connectivity index (χ0v) is 10.3. The number of ether oxygens (including phenoxy) is 1. The second-order valence-corrected chi connectivity index (χ2v) is 3.17. The average Bonchev–Trinajstić information content (AvgIpc) is 2.27. The van der Waals surface area contributed by atoms with Gasteiger partial charge in [0.25, 0.3) is 0 Å². The zero-order valence-electron chi connectivity index (χ0n) is 9.51. The van der Waals surface area contributed by atoms with E-state index in [1.807, 2.05) is 0 Å². The maximum Gasteiger partial charge on any atom is 0.351 e. The van der Waals surface area contributed by atoms with Crippen molar-refractivity contribution in [1.29, 1.82) is 0 Å². The lowest BCUT2D eigenvalue weighted by Crippen LogP contribution is -2.05. The predicted molar refractivity (Wildman–Crippen MR) is 65.4 cm³/mol. The van der Waals surface area contributed by atoms with E-state index in [9.17, 15) is 9.59 Å². The maximum absolute atomic E-state index is 11.3. The maximum atomic E-state index is 11.3. The highest BCUT2D eigenvalue weighted by Crippen LogP contribution is 2.13. The van der Waals surface area contributed by atoms with Crippen molar-refractivity contribution in [2.24, 2.45) is 0 Å². The molecule has 4 nitrogen and oxygen atoms in total. The van der Waals surface area contributed by atoms with Gasteiger partial charge in [-0.05, 0) is 19.9 Å². The van der Waals surface area contributed by atoms with Crippen LogP contribution < -0.4 is 0 Å². The fourth-order valence-corrected chi connectivity index (χ4v) is 0.898. The highest BCUT2D eigenvalue weighted by Gasteiger charge is 2.13. The molecular weight excluding hydrogens is 244 g/mol. The van der Waals surface area contributed by atoms with Crippen LogP contribution in [0.1, 0.15) is 13.8 Å². The summed E-state index contributed by atoms with van der Waals surface area (Å²) in [5.41, 5.74) is 0. The Kier molecular flexibility index (Phi) is 7.46. The highest BCUT2D eigenvalue weighted by molar-refractivity contribution is 6.41. The average molecular weight is 257 g/mol. The van der Waals surface area contributed by atoms with Gasteiger partial charge < -0.3 is 9.84 Å². The number of halogens is 1. The Labute approximate surface area is 105 Å². The second kappa shape index (κ2) is 8.35. The third-order valence-corrected chi connectivity index (χ3v) is 1.82. The van der Waals surface area contributed by atoms with Gasteiger partial charge in [-0.1, -0.05) is 35.9 Å². The van der Waals surface area contributed by atoms with E-state index < -0.39 is 17.0 Å². The number of esters is 1. The van der Waals surface area contributed by atoms with Crippen molar-refractivity contribution in [2.75, 3.05) is 0 Å². The van der Waals surface area contributed by atoms with E-state index in [1.165, 1.54) is 18.2 Å². The summed E-state index contributed by atoms with van der Waals surface area (Å²) in [7, 11) is 0. The molecule has 1 N–H and O–H groups in total. The summed E-state index contributed by atoms with van der Waals surface area (Å²) >= 11 is 5.48. The Morgan fingerprint density at radius 2 is 1.76 bits per heavy atom. The molecule has 0 bridgehead atoms. The number of carboxylic acid groups (broad SMARTS) is 1. The number of aliphatic carboxylic acids is 1. The van der Waals surface area contributed by atoms with Crippen LogP contribution in [0, 0.1) is 0 Å². The number of carbonyl (C=O) groups is 2. The van der Waals surface area contributed by atoms with E-state index >= 15 is 0 Å². The number of hydrogen-bond acceptors (Lipinski definition) is 3. The van der Waals surface area contributed by atoms with Crippen molar-refractivity contribution < 1.29 is 19.4 Å². The van der Waals surface area contributed by atoms with Crippen molar-refractivity contribution in [3.05, 3.63) is 47.2 Å². The molecular formula is C12H13ClO4. The molecule has 0 heterocycles. The lowest BCUT2D eigenvalue weighted by Gasteiger charge is -2.02. The van der Waals surface area contributed by atoms with Crippen LogP contribution in [0.15, 0.2) is 47.2 Å². The molecule has 0 aromatic rings. The molecule has 0 rings (SSSR count). The highest BCUT2D eigenvalue weighted by atomic mass is 35.5. The van der Waals surface area contributed by atoms with Crippen LogP contribution in [0.4, 0.5) is 0 Å². The Balaban J connectivity index is 4.85. The summed E-state index contributed by atoms with van der Waals surface area (Å²) in [5, 5.41) is 8.12. The Morgan fingerprint density at radius 1 is 1.12 bits per heavy atom. The third kappa shape index (κ3) is 6.37. The monoisotopic (exact) mass is 256 g/mol. The topological polar surface area (TPSA) is 63.6 Å². The van der Waals surface area contributed by atoms with Crippen LogP contribution in [-0.2, 0) is 14.3 Å². The predicted octanol–water partition coefficient (Wildman–Crippen LogP) is 2.77. The SMILES string of the molecule is C/C=C/C=C/C(=O)OC(/C=C/C)=C(/Cl)C(=O)O. The van der Waals surface area contributed by atoms with Crippen molar-refractivity contribution in [2.45, 2.75) is 13.8 Å². The summed E-state index contributed by atoms with van der Waals surface area (Å²) in [6.45, 7) is 3.44. The number of rotatable bonds is 5. The van der Waals surface area contributed by atoms with Crippen molar-refractivity contribution in [3.63, 3.8) is 0 Å². The molecule has 17 heavy (non-hydrogen) atoms. The van der Waals surface area contributed by atoms with Crippen LogP contribution in [-0.4, -0.2) is 17.0 Å². The summed E-state index contributed by atoms with van der Waals surface area (Å²) < 4.78 is 4.78. The fraction of sp³-hybridized carbons (Fsp3) is 0.167. The standard InChI is InChI=1S/C12H13ClO4/c1-3-5-6-8-10(14)17-9(7-4-2)11(13)12(15)16/h3-8H,1-2H3,(H,15,16)/b5-3+,7-4+,8-6+,11-9+. The Morgan fingerprint density at radius 3 is 2.24 bits per heavy atom. The van der Waals surface area contributed by atoms with Gasteiger partial charge >= 0.3 is 11.9 Å². The largest absolute Gasteiger partial charge is 0.477 e. The van der Waals surface area contributed by atoms with Gasteiger partial charge in [-0.25, -0.2) is 9.59 Å². The number of carboxylic acids is 1. The van der Waals surface area contributed by atoms with E-state index in [-0.39, 0.29) is 5.76 Å². The molecule has 0 saturated heterocycles. The molecule has 0 saturated carbocycles. The molecule has 0 aliphatic carbocycles. The molecule has 0 radical (unpaired) electrons. The minimum absolute atomic E-state index is 0.197. The van der Waals surface area contributed by atoms with E-state index in [2.05, 4.69) is 0 Å². The third-order valence-electron chi connectivity index (χ3n) is 1.47. The van der Waals surface area contributed by atoms with Crippen LogP contribution in [0.25, 0.3) is 0 Å². The van der Waals surface area contributed by atoms with Gasteiger partial charge in [0, 0.05) is 6.08 Å². The quantitative estimate of drug-likeness (QED) is 0.356. The first kappa shape index (κ1) is 15.2. The molecule has 0 aliphatic rings. The first-order chi connectivity index (χ1) is 8.02. The number of hydrogen-bond donors (Lipinski definition) is 1. The summed E-state index contributed by atoms with van der Waals surface area (Å²) in [5.74, 6) is -2.25. The van der Waals surface area contributed by atoms with Gasteiger partial charge in [0.1, 0.15) is 0 Å². The van der Waals surface area contributed by atoms with Crippen molar-refractivity contribution >= 4 is 23.5 Å². The van der Waals surface area contributed by atoms with Gasteiger partial charge in [-0.3, -0.25) is 0 Å². The molecule has 0 aromatic heterocycles. The van der Waals surface area contributed by atoms with Crippen LogP contribution in [0.5, 0.6) is 0 Å². The molecule has 0 aliphatic heterocycles. The van der Waals surface area contributed by atoms with E-state index in [4.69, 9.17) is 21.4 Å². The normalized spacial score (nSPS) is 13.4. The fourth-order valence-electron chi connectivity index (χ4n) is 0.796. The van der Waals surface area contributed by atoms with Gasteiger partial charge in [-0.2, -0.15) is 0 Å². The first-order valence-corrected chi connectivity index (χ1v) is 5.17. The number of allylic oxidation sites excluding steroid dienone is 5. The van der Waals surface area contributed by atoms with Crippen LogP contribution in [0.2, 0.25) is 0 Å². The lowest BCUT2D eigenvalue weighted by molar-refractivity contribution is -0.134. The van der Waals surface area contributed by atoms with Gasteiger partial charge in [0.2, 0.25) is 0 Å². The lowest BCUT2D eigenvalue weighted by atomic mass is 10.4. The molecule has 0 amide bonds. The zero-order chi connectivity index (χ0) is 13.3. The minimum atomic E-state index is -1.36. The molecule has 0 fully saturated rings. The molecule has 0 unspecified atom stereocenters. The second-order valence-electron chi connectivity index (χ2n) is 2.79. The molecule has 0 spiro atoms. The van der Waals surface area contributed by atoms with Gasteiger partial charge in [0.05, 0.1) is 0 Å². The van der Waals surface area contributed by atoms with E-state index in [0.717, 1.165) is 6.08 Å². The summed E-state index contributed by atoms with van der Waals surface area (Å²) in [4.78, 5) is 21.9. The Bertz CT molecular complexity index is 403. The molecule has 92 valence electrons. The van der Waals surface area contributed by atoms with Crippen LogP contribution in [0.3, 0.4) is 0 Å². The number of carbonyl (C=O) groups excluding carboxylic acids is 1. The Hall–Kier alpha value is -1.81. The van der Waals surface area contributed by atoms with Crippen molar-refractivity contribution in [1.82, 2.24) is 0 Å². The summed E-state index contributed by atoms with van der Waals surface area (Å²) in [6, 6.07) is 0. The van der Waals surface area contributed by atoms with E-state index in [1.54, 1.807) is 26.0 Å².